The largest absolute Gasteiger partial charge is 0.462 e. The molecule has 0 aliphatic rings. The van der Waals surface area contributed by atoms with E-state index in [9.17, 15) is 14.4 Å². The molecule has 0 aliphatic carbocycles. The fourth-order valence-electron chi connectivity index (χ4n) is 7.41. The predicted octanol–water partition coefficient (Wildman–Crippen LogP) is 15.6. The van der Waals surface area contributed by atoms with E-state index in [0.29, 0.717) is 19.3 Å². The van der Waals surface area contributed by atoms with Gasteiger partial charge in [-0.25, -0.2) is 0 Å². The molecule has 0 aromatic heterocycles. The molecule has 0 spiro atoms. The number of hydrogen-bond donors (Lipinski definition) is 0. The maximum absolute atomic E-state index is 12.8. The van der Waals surface area contributed by atoms with Crippen molar-refractivity contribution in [1.29, 1.82) is 0 Å². The van der Waals surface area contributed by atoms with Gasteiger partial charge < -0.3 is 14.2 Å². The highest BCUT2D eigenvalue weighted by Gasteiger charge is 2.19. The topological polar surface area (TPSA) is 78.9 Å². The van der Waals surface area contributed by atoms with Gasteiger partial charge >= 0.3 is 17.9 Å². The van der Waals surface area contributed by atoms with E-state index in [1.807, 2.05) is 0 Å². The van der Waals surface area contributed by atoms with Gasteiger partial charge in [0.05, 0.1) is 0 Å². The normalized spacial score (nSPS) is 12.2. The Bertz CT molecular complexity index is 868. The maximum Gasteiger partial charge on any atom is 0.306 e. The zero-order chi connectivity index (χ0) is 41.3. The Balaban J connectivity index is 4.26. The second-order valence-corrected chi connectivity index (χ2v) is 18.5. The molecule has 0 aliphatic heterocycles. The molecule has 0 N–H and O–H groups in total. The molecule has 56 heavy (non-hydrogen) atoms. The van der Waals surface area contributed by atoms with Crippen molar-refractivity contribution in [3.05, 3.63) is 0 Å². The summed E-state index contributed by atoms with van der Waals surface area (Å²) in [7, 11) is 0. The summed E-state index contributed by atoms with van der Waals surface area (Å²) in [6.07, 6.45) is 39.7. The number of carbonyl (C=O) groups is 3. The average Bonchev–Trinajstić information content (AvgIpc) is 3.15. The Morgan fingerprint density at radius 1 is 0.304 bits per heavy atom. The molecule has 0 saturated heterocycles. The summed E-state index contributed by atoms with van der Waals surface area (Å²) in [6, 6.07) is 0. The van der Waals surface area contributed by atoms with Crippen molar-refractivity contribution in [3.8, 4) is 0 Å². The van der Waals surface area contributed by atoms with Crippen molar-refractivity contribution in [2.75, 3.05) is 13.2 Å². The van der Waals surface area contributed by atoms with Gasteiger partial charge in [-0.1, -0.05) is 228 Å². The smallest absolute Gasteiger partial charge is 0.306 e. The zero-order valence-corrected chi connectivity index (χ0v) is 38.4. The Morgan fingerprint density at radius 2 is 0.518 bits per heavy atom. The van der Waals surface area contributed by atoms with Gasteiger partial charge in [0, 0.05) is 19.3 Å². The molecule has 0 heterocycles. The molecule has 1 atom stereocenters. The Kier molecular flexibility index (Phi) is 40.4. The van der Waals surface area contributed by atoms with Gasteiger partial charge in [0.2, 0.25) is 0 Å². The number of hydrogen-bond acceptors (Lipinski definition) is 6. The van der Waals surface area contributed by atoms with E-state index < -0.39 is 6.10 Å². The molecule has 0 rings (SSSR count). The highest BCUT2D eigenvalue weighted by Crippen LogP contribution is 2.17. The quantitative estimate of drug-likeness (QED) is 0.0348. The van der Waals surface area contributed by atoms with Crippen LogP contribution >= 0.6 is 0 Å². The van der Waals surface area contributed by atoms with E-state index in [4.69, 9.17) is 14.2 Å². The Hall–Kier alpha value is -1.59. The summed E-state index contributed by atoms with van der Waals surface area (Å²) in [5.41, 5.74) is 0. The van der Waals surface area contributed by atoms with Crippen molar-refractivity contribution < 1.29 is 28.6 Å². The Labute approximate surface area is 348 Å². The van der Waals surface area contributed by atoms with Gasteiger partial charge in [0.25, 0.3) is 0 Å². The molecule has 0 unspecified atom stereocenters. The zero-order valence-electron chi connectivity index (χ0n) is 38.4. The molecule has 0 radical (unpaired) electrons. The van der Waals surface area contributed by atoms with Crippen molar-refractivity contribution in [3.63, 3.8) is 0 Å². The first-order valence-corrected chi connectivity index (χ1v) is 24.6. The van der Waals surface area contributed by atoms with Crippen LogP contribution in [0.5, 0.6) is 0 Å². The van der Waals surface area contributed by atoms with Crippen molar-refractivity contribution in [1.82, 2.24) is 0 Å². The third-order valence-electron chi connectivity index (χ3n) is 11.1. The molecule has 6 nitrogen and oxygen atoms in total. The first kappa shape index (κ1) is 54.4. The highest BCUT2D eigenvalue weighted by atomic mass is 16.6. The van der Waals surface area contributed by atoms with Gasteiger partial charge in [-0.3, -0.25) is 14.4 Å². The van der Waals surface area contributed by atoms with Crippen LogP contribution in [-0.2, 0) is 28.6 Å². The molecule has 0 fully saturated rings. The van der Waals surface area contributed by atoms with E-state index in [-0.39, 0.29) is 31.1 Å². The van der Waals surface area contributed by atoms with Gasteiger partial charge in [-0.15, -0.1) is 0 Å². The van der Waals surface area contributed by atoms with Crippen LogP contribution in [0, 0.1) is 17.8 Å². The van der Waals surface area contributed by atoms with Crippen LogP contribution in [0.15, 0.2) is 0 Å². The minimum absolute atomic E-state index is 0.0664. The summed E-state index contributed by atoms with van der Waals surface area (Å²) in [6.45, 7) is 13.6. The fraction of sp³-hybridized carbons (Fsp3) is 0.940. The molecular formula is C50H96O6. The number of esters is 3. The van der Waals surface area contributed by atoms with E-state index in [2.05, 4.69) is 41.5 Å². The average molecular weight is 793 g/mol. The second kappa shape index (κ2) is 41.6. The van der Waals surface area contributed by atoms with E-state index in [0.717, 1.165) is 75.5 Å². The summed E-state index contributed by atoms with van der Waals surface area (Å²) >= 11 is 0. The third-order valence-corrected chi connectivity index (χ3v) is 11.1. The molecule has 0 aromatic carbocycles. The van der Waals surface area contributed by atoms with E-state index in [1.54, 1.807) is 0 Å². The van der Waals surface area contributed by atoms with Crippen LogP contribution in [0.25, 0.3) is 0 Å². The monoisotopic (exact) mass is 793 g/mol. The first-order valence-electron chi connectivity index (χ1n) is 24.6. The lowest BCUT2D eigenvalue weighted by molar-refractivity contribution is -0.167. The van der Waals surface area contributed by atoms with E-state index >= 15 is 0 Å². The van der Waals surface area contributed by atoms with Crippen LogP contribution in [0.3, 0.4) is 0 Å². The molecule has 6 heteroatoms. The van der Waals surface area contributed by atoms with Crippen LogP contribution in [0.1, 0.15) is 266 Å². The molecule has 0 aromatic rings. The number of carbonyl (C=O) groups excluding carboxylic acids is 3. The molecule has 0 saturated carbocycles. The Morgan fingerprint density at radius 3 is 0.768 bits per heavy atom. The lowest BCUT2D eigenvalue weighted by atomic mass is 10.0. The number of unbranched alkanes of at least 4 members (excludes halogenated alkanes) is 26. The number of ether oxygens (including phenoxy) is 3. The lowest BCUT2D eigenvalue weighted by Gasteiger charge is -2.18. The van der Waals surface area contributed by atoms with Crippen LogP contribution in [0.4, 0.5) is 0 Å². The summed E-state index contributed by atoms with van der Waals surface area (Å²) in [5.74, 6) is 1.55. The summed E-state index contributed by atoms with van der Waals surface area (Å²) in [5, 5.41) is 0. The predicted molar refractivity (Wildman–Crippen MR) is 238 cm³/mol. The maximum atomic E-state index is 12.8. The SMILES string of the molecule is CC(C)CCCCCCCCCCCCCCCCCC(=O)O[C@@H](COC(=O)CCCCCCCCCCC(C)C)COC(=O)CCCCCCCCC(C)C. The fourth-order valence-corrected chi connectivity index (χ4v) is 7.41. The van der Waals surface area contributed by atoms with Gasteiger partial charge in [0.15, 0.2) is 6.10 Å². The van der Waals surface area contributed by atoms with Crippen molar-refractivity contribution in [2.45, 2.75) is 272 Å². The molecule has 332 valence electrons. The van der Waals surface area contributed by atoms with Crippen molar-refractivity contribution >= 4 is 17.9 Å². The van der Waals surface area contributed by atoms with E-state index in [1.165, 1.54) is 148 Å². The molecule has 0 amide bonds. The van der Waals surface area contributed by atoms with Crippen LogP contribution < -0.4 is 0 Å². The number of rotatable bonds is 43. The lowest BCUT2D eigenvalue weighted by Crippen LogP contribution is -2.30. The minimum atomic E-state index is -0.762. The highest BCUT2D eigenvalue weighted by molar-refractivity contribution is 5.71. The van der Waals surface area contributed by atoms with Gasteiger partial charge in [0.1, 0.15) is 13.2 Å². The van der Waals surface area contributed by atoms with Gasteiger partial charge in [-0.05, 0) is 37.0 Å². The first-order chi connectivity index (χ1) is 27.1. The third kappa shape index (κ3) is 43.5. The van der Waals surface area contributed by atoms with Gasteiger partial charge in [-0.2, -0.15) is 0 Å². The minimum Gasteiger partial charge on any atom is -0.462 e. The standard InChI is InChI=1S/C50H96O6/c1-44(2)36-30-24-18-14-12-10-8-7-9-11-13-15-21-29-35-41-50(53)56-47(43-55-49(52)40-34-28-23-22-26-32-38-46(5)6)42-54-48(51)39-33-27-20-17-16-19-25-31-37-45(3)4/h44-47H,7-43H2,1-6H3/t47-/m0/s1. The van der Waals surface area contributed by atoms with Crippen LogP contribution in [0.2, 0.25) is 0 Å². The second-order valence-electron chi connectivity index (χ2n) is 18.5. The summed E-state index contributed by atoms with van der Waals surface area (Å²) in [4.78, 5) is 37.8. The van der Waals surface area contributed by atoms with Crippen LogP contribution in [-0.4, -0.2) is 37.2 Å². The van der Waals surface area contributed by atoms with Crippen molar-refractivity contribution in [2.24, 2.45) is 17.8 Å². The molecular weight excluding hydrogens is 697 g/mol. The molecule has 0 bridgehead atoms. The summed E-state index contributed by atoms with van der Waals surface area (Å²) < 4.78 is 16.7.